The van der Waals surface area contributed by atoms with Crippen molar-refractivity contribution in [1.29, 1.82) is 5.26 Å². The highest BCUT2D eigenvalue weighted by atomic mass is 35.5. The molecule has 0 aromatic heterocycles. The number of rotatable bonds is 5. The molecule has 0 atom stereocenters. The monoisotopic (exact) mass is 373 g/mol. The quantitative estimate of drug-likeness (QED) is 0.453. The first-order chi connectivity index (χ1) is 11.9. The maximum absolute atomic E-state index is 12.2. The maximum Gasteiger partial charge on any atom is 0.267 e. The molecule has 0 saturated heterocycles. The van der Waals surface area contributed by atoms with Gasteiger partial charge in [0.05, 0.1) is 15.7 Å². The van der Waals surface area contributed by atoms with Crippen LogP contribution in [0.1, 0.15) is 17.3 Å². The van der Waals surface area contributed by atoms with Gasteiger partial charge in [0.1, 0.15) is 11.6 Å². The lowest BCUT2D eigenvalue weighted by Gasteiger charge is -2.08. The lowest BCUT2D eigenvalue weighted by atomic mass is 10.1. The van der Waals surface area contributed by atoms with Gasteiger partial charge in [-0.05, 0) is 31.2 Å². The van der Waals surface area contributed by atoms with Crippen LogP contribution in [-0.2, 0) is 4.79 Å². The normalized spacial score (nSPS) is 10.7. The number of carbonyl (C=O) groups is 2. The Bertz CT molecular complexity index is 901. The van der Waals surface area contributed by atoms with E-state index in [1.807, 2.05) is 6.07 Å². The number of anilines is 2. The van der Waals surface area contributed by atoms with Crippen LogP contribution in [0.2, 0.25) is 10.0 Å². The average Bonchev–Trinajstić information content (AvgIpc) is 2.59. The SMILES string of the molecule is CC(=O)c1cccc(N/C=C(/C#N)C(=O)Nc2cccc(Cl)c2Cl)c1. The summed E-state index contributed by atoms with van der Waals surface area (Å²) < 4.78 is 0. The molecular weight excluding hydrogens is 361 g/mol. The second-order valence-corrected chi connectivity index (χ2v) is 5.79. The molecule has 0 unspecified atom stereocenters. The van der Waals surface area contributed by atoms with Crippen molar-refractivity contribution in [1.82, 2.24) is 0 Å². The number of nitrogens with zero attached hydrogens (tertiary/aromatic N) is 1. The molecule has 2 rings (SSSR count). The van der Waals surface area contributed by atoms with E-state index in [0.29, 0.717) is 22.0 Å². The fraction of sp³-hybridized carbons (Fsp3) is 0.0556. The number of hydrogen-bond donors (Lipinski definition) is 2. The maximum atomic E-state index is 12.2. The molecule has 7 heteroatoms. The predicted molar refractivity (Wildman–Crippen MR) is 98.9 cm³/mol. The fourth-order valence-corrected chi connectivity index (χ4v) is 2.27. The zero-order valence-corrected chi connectivity index (χ0v) is 14.7. The van der Waals surface area contributed by atoms with Gasteiger partial charge in [-0.25, -0.2) is 0 Å². The molecule has 126 valence electrons. The second kappa shape index (κ2) is 8.34. The Morgan fingerprint density at radius 3 is 2.56 bits per heavy atom. The van der Waals surface area contributed by atoms with Crippen molar-refractivity contribution in [2.24, 2.45) is 0 Å². The molecule has 0 saturated carbocycles. The highest BCUT2D eigenvalue weighted by Crippen LogP contribution is 2.29. The van der Waals surface area contributed by atoms with Gasteiger partial charge in [0, 0.05) is 17.5 Å². The minimum absolute atomic E-state index is 0.0820. The van der Waals surface area contributed by atoms with E-state index in [2.05, 4.69) is 10.6 Å². The summed E-state index contributed by atoms with van der Waals surface area (Å²) >= 11 is 11.9. The van der Waals surface area contributed by atoms with Gasteiger partial charge in [0.15, 0.2) is 5.78 Å². The van der Waals surface area contributed by atoms with Crippen LogP contribution in [-0.4, -0.2) is 11.7 Å². The largest absolute Gasteiger partial charge is 0.360 e. The van der Waals surface area contributed by atoms with Crippen LogP contribution in [0.3, 0.4) is 0 Å². The number of halogens is 2. The van der Waals surface area contributed by atoms with Crippen molar-refractivity contribution in [3.63, 3.8) is 0 Å². The van der Waals surface area contributed by atoms with E-state index >= 15 is 0 Å². The van der Waals surface area contributed by atoms with Crippen molar-refractivity contribution in [3.8, 4) is 6.07 Å². The molecule has 0 radical (unpaired) electrons. The molecular formula is C18H13Cl2N3O2. The Labute approximate surface area is 154 Å². The number of amides is 1. The molecule has 2 aromatic rings. The number of nitriles is 1. The Kier molecular flexibility index (Phi) is 6.18. The van der Waals surface area contributed by atoms with E-state index in [1.165, 1.54) is 13.1 Å². The van der Waals surface area contributed by atoms with Crippen molar-refractivity contribution in [2.45, 2.75) is 6.92 Å². The predicted octanol–water partition coefficient (Wildman–Crippen LogP) is 4.65. The van der Waals surface area contributed by atoms with Gasteiger partial charge in [-0.15, -0.1) is 0 Å². The molecule has 5 nitrogen and oxygen atoms in total. The van der Waals surface area contributed by atoms with E-state index in [4.69, 9.17) is 23.2 Å². The van der Waals surface area contributed by atoms with Gasteiger partial charge >= 0.3 is 0 Å². The summed E-state index contributed by atoms with van der Waals surface area (Å²) in [6.45, 7) is 1.46. The molecule has 0 spiro atoms. The minimum Gasteiger partial charge on any atom is -0.360 e. The third-order valence-corrected chi connectivity index (χ3v) is 4.04. The lowest BCUT2D eigenvalue weighted by Crippen LogP contribution is -2.15. The van der Waals surface area contributed by atoms with Crippen molar-refractivity contribution >= 4 is 46.3 Å². The average molecular weight is 374 g/mol. The zero-order valence-electron chi connectivity index (χ0n) is 13.1. The van der Waals surface area contributed by atoms with E-state index < -0.39 is 5.91 Å². The molecule has 0 fully saturated rings. The van der Waals surface area contributed by atoms with E-state index in [0.717, 1.165) is 0 Å². The minimum atomic E-state index is -0.637. The summed E-state index contributed by atoms with van der Waals surface area (Å²) in [6.07, 6.45) is 1.26. The van der Waals surface area contributed by atoms with E-state index in [1.54, 1.807) is 42.5 Å². The first-order valence-electron chi connectivity index (χ1n) is 7.15. The first kappa shape index (κ1) is 18.5. The van der Waals surface area contributed by atoms with Crippen LogP contribution < -0.4 is 10.6 Å². The van der Waals surface area contributed by atoms with Crippen LogP contribution in [0.5, 0.6) is 0 Å². The summed E-state index contributed by atoms with van der Waals surface area (Å²) in [7, 11) is 0. The third-order valence-electron chi connectivity index (χ3n) is 3.22. The zero-order chi connectivity index (χ0) is 18.4. The summed E-state index contributed by atoms with van der Waals surface area (Å²) in [4.78, 5) is 23.6. The first-order valence-corrected chi connectivity index (χ1v) is 7.91. The molecule has 0 aliphatic heterocycles. The summed E-state index contributed by atoms with van der Waals surface area (Å²) in [5.41, 5.74) is 1.24. The molecule has 1 amide bonds. The number of carbonyl (C=O) groups excluding carboxylic acids is 2. The Hall–Kier alpha value is -2.81. The van der Waals surface area contributed by atoms with Crippen molar-refractivity contribution in [3.05, 3.63) is 69.8 Å². The van der Waals surface area contributed by atoms with Gasteiger partial charge in [-0.1, -0.05) is 41.4 Å². The molecule has 0 bridgehead atoms. The second-order valence-electron chi connectivity index (χ2n) is 5.01. The molecule has 2 aromatic carbocycles. The van der Waals surface area contributed by atoms with Gasteiger partial charge in [0.2, 0.25) is 0 Å². The third kappa shape index (κ3) is 4.83. The molecule has 2 N–H and O–H groups in total. The van der Waals surface area contributed by atoms with Crippen molar-refractivity contribution < 1.29 is 9.59 Å². The van der Waals surface area contributed by atoms with Gasteiger partial charge in [-0.3, -0.25) is 9.59 Å². The summed E-state index contributed by atoms with van der Waals surface area (Å²) in [6, 6.07) is 13.3. The number of hydrogen-bond acceptors (Lipinski definition) is 4. The molecule has 0 heterocycles. The Morgan fingerprint density at radius 2 is 1.88 bits per heavy atom. The highest BCUT2D eigenvalue weighted by Gasteiger charge is 2.12. The fourth-order valence-electron chi connectivity index (χ4n) is 1.92. The number of nitrogens with one attached hydrogen (secondary N) is 2. The van der Waals surface area contributed by atoms with Crippen LogP contribution >= 0.6 is 23.2 Å². The van der Waals surface area contributed by atoms with Gasteiger partial charge < -0.3 is 10.6 Å². The van der Waals surface area contributed by atoms with Crippen molar-refractivity contribution in [2.75, 3.05) is 10.6 Å². The highest BCUT2D eigenvalue weighted by molar-refractivity contribution is 6.44. The number of Topliss-reactive ketones (excluding diaryl/α,β-unsaturated/α-hetero) is 1. The van der Waals surface area contributed by atoms with Gasteiger partial charge in [-0.2, -0.15) is 5.26 Å². The van der Waals surface area contributed by atoms with Crippen LogP contribution in [0.25, 0.3) is 0 Å². The van der Waals surface area contributed by atoms with Gasteiger partial charge in [0.25, 0.3) is 5.91 Å². The Balaban J connectivity index is 2.16. The molecule has 0 aliphatic carbocycles. The standard InChI is InChI=1S/C18H13Cl2N3O2/c1-11(24)12-4-2-5-14(8-12)22-10-13(9-21)18(25)23-16-7-3-6-15(19)17(16)20/h2-8,10,22H,1H3,(H,23,25)/b13-10-. The summed E-state index contributed by atoms with van der Waals surface area (Å²) in [5.74, 6) is -0.719. The Morgan fingerprint density at radius 1 is 1.16 bits per heavy atom. The van der Waals surface area contributed by atoms with Crippen LogP contribution in [0, 0.1) is 11.3 Å². The van der Waals surface area contributed by atoms with E-state index in [-0.39, 0.29) is 16.4 Å². The van der Waals surface area contributed by atoms with Crippen LogP contribution in [0.4, 0.5) is 11.4 Å². The lowest BCUT2D eigenvalue weighted by molar-refractivity contribution is -0.112. The molecule has 0 aliphatic rings. The van der Waals surface area contributed by atoms with Crippen LogP contribution in [0.15, 0.2) is 54.2 Å². The number of benzene rings is 2. The number of ketones is 1. The summed E-state index contributed by atoms with van der Waals surface area (Å²) in [5, 5.41) is 15.0. The molecule has 25 heavy (non-hydrogen) atoms. The topological polar surface area (TPSA) is 82.0 Å². The van der Waals surface area contributed by atoms with E-state index in [9.17, 15) is 14.9 Å². The smallest absolute Gasteiger partial charge is 0.267 e.